The van der Waals surface area contributed by atoms with Gasteiger partial charge in [-0.25, -0.2) is 9.78 Å². The molecular weight excluding hydrogens is 297 g/mol. The van der Waals surface area contributed by atoms with Gasteiger partial charge < -0.3 is 4.74 Å². The number of hydrogen-bond donors (Lipinski definition) is 0. The predicted molar refractivity (Wildman–Crippen MR) is 79.5 cm³/mol. The zero-order chi connectivity index (χ0) is 14.4. The fourth-order valence-corrected chi connectivity index (χ4v) is 1.80. The highest BCUT2D eigenvalue weighted by Gasteiger charge is 2.00. The smallest absolute Gasteiger partial charge is 0.331 e. The van der Waals surface area contributed by atoms with E-state index in [1.807, 2.05) is 12.1 Å². The monoisotopic (exact) mass is 307 g/mol. The van der Waals surface area contributed by atoms with Crippen LogP contribution in [0.15, 0.2) is 48.7 Å². The Bertz CT molecular complexity index is 624. The zero-order valence-electron chi connectivity index (χ0n) is 10.4. The van der Waals surface area contributed by atoms with E-state index in [-0.39, 0.29) is 6.61 Å². The molecule has 1 aromatic carbocycles. The van der Waals surface area contributed by atoms with E-state index < -0.39 is 5.97 Å². The summed E-state index contributed by atoms with van der Waals surface area (Å²) in [5, 5.41) is 1.02. The van der Waals surface area contributed by atoms with Gasteiger partial charge in [-0.15, -0.1) is 0 Å². The first-order valence-corrected chi connectivity index (χ1v) is 6.60. The van der Waals surface area contributed by atoms with Crippen molar-refractivity contribution in [1.82, 2.24) is 4.98 Å². The second-order valence-electron chi connectivity index (χ2n) is 3.98. The number of carbonyl (C=O) groups excluding carboxylic acids is 1. The average Bonchev–Trinajstić information content (AvgIpc) is 2.45. The molecule has 0 fully saturated rings. The van der Waals surface area contributed by atoms with Gasteiger partial charge in [-0.2, -0.15) is 0 Å². The largest absolute Gasteiger partial charge is 0.458 e. The summed E-state index contributed by atoms with van der Waals surface area (Å²) >= 11 is 11.5. The molecule has 5 heteroatoms. The minimum absolute atomic E-state index is 0.159. The molecule has 1 aromatic heterocycles. The van der Waals surface area contributed by atoms with Crippen LogP contribution in [0.1, 0.15) is 11.1 Å². The Hall–Kier alpha value is -1.84. The van der Waals surface area contributed by atoms with Crippen LogP contribution in [0.3, 0.4) is 0 Å². The topological polar surface area (TPSA) is 39.2 Å². The maximum Gasteiger partial charge on any atom is 0.331 e. The maximum atomic E-state index is 11.6. The minimum Gasteiger partial charge on any atom is -0.458 e. The molecule has 0 radical (unpaired) electrons. The number of aromatic nitrogens is 1. The SMILES string of the molecule is O=C(/C=C/c1ccc(Cl)cc1)OCc1ccnc(Cl)c1. The van der Waals surface area contributed by atoms with Crippen LogP contribution >= 0.6 is 23.2 Å². The number of carbonyl (C=O) groups is 1. The van der Waals surface area contributed by atoms with E-state index in [1.54, 1.807) is 36.5 Å². The molecule has 2 rings (SSSR count). The van der Waals surface area contributed by atoms with Crippen molar-refractivity contribution in [3.8, 4) is 0 Å². The lowest BCUT2D eigenvalue weighted by Crippen LogP contribution is -2.00. The number of hydrogen-bond acceptors (Lipinski definition) is 3. The van der Waals surface area contributed by atoms with Gasteiger partial charge >= 0.3 is 5.97 Å². The summed E-state index contributed by atoms with van der Waals surface area (Å²) in [7, 11) is 0. The van der Waals surface area contributed by atoms with Gasteiger partial charge in [-0.3, -0.25) is 0 Å². The third kappa shape index (κ3) is 4.68. The molecule has 0 saturated heterocycles. The van der Waals surface area contributed by atoms with Crippen molar-refractivity contribution in [2.45, 2.75) is 6.61 Å². The van der Waals surface area contributed by atoms with E-state index in [1.165, 1.54) is 6.08 Å². The van der Waals surface area contributed by atoms with Gasteiger partial charge in [0.15, 0.2) is 0 Å². The fourth-order valence-electron chi connectivity index (χ4n) is 1.47. The summed E-state index contributed by atoms with van der Waals surface area (Å²) in [4.78, 5) is 15.4. The van der Waals surface area contributed by atoms with Gasteiger partial charge in [0, 0.05) is 17.3 Å². The molecule has 0 aliphatic heterocycles. The molecule has 0 unspecified atom stereocenters. The molecule has 0 aliphatic rings. The molecule has 0 bridgehead atoms. The van der Waals surface area contributed by atoms with Crippen molar-refractivity contribution in [3.05, 3.63) is 70.0 Å². The Morgan fingerprint density at radius 3 is 2.65 bits per heavy atom. The van der Waals surface area contributed by atoms with Crippen molar-refractivity contribution in [1.29, 1.82) is 0 Å². The number of nitrogens with zero attached hydrogens (tertiary/aromatic N) is 1. The van der Waals surface area contributed by atoms with Crippen LogP contribution in [0.2, 0.25) is 10.2 Å². The normalized spacial score (nSPS) is 10.7. The minimum atomic E-state index is -0.423. The van der Waals surface area contributed by atoms with Crippen LogP contribution in [-0.2, 0) is 16.1 Å². The van der Waals surface area contributed by atoms with Crippen molar-refractivity contribution in [2.24, 2.45) is 0 Å². The second-order valence-corrected chi connectivity index (χ2v) is 4.80. The quantitative estimate of drug-likeness (QED) is 0.484. The van der Waals surface area contributed by atoms with E-state index in [2.05, 4.69) is 4.98 Å². The third-order valence-electron chi connectivity index (χ3n) is 2.45. The van der Waals surface area contributed by atoms with Gasteiger partial charge in [0.2, 0.25) is 0 Å². The average molecular weight is 308 g/mol. The molecule has 0 aliphatic carbocycles. The van der Waals surface area contributed by atoms with E-state index in [4.69, 9.17) is 27.9 Å². The van der Waals surface area contributed by atoms with E-state index in [9.17, 15) is 4.79 Å². The Morgan fingerprint density at radius 2 is 1.95 bits per heavy atom. The van der Waals surface area contributed by atoms with Gasteiger partial charge in [-0.05, 0) is 41.5 Å². The summed E-state index contributed by atoms with van der Waals surface area (Å²) in [5.41, 5.74) is 1.66. The van der Waals surface area contributed by atoms with Crippen molar-refractivity contribution in [3.63, 3.8) is 0 Å². The lowest BCUT2D eigenvalue weighted by molar-refractivity contribution is -0.138. The first-order valence-electron chi connectivity index (χ1n) is 5.84. The summed E-state index contributed by atoms with van der Waals surface area (Å²) in [5.74, 6) is -0.423. The predicted octanol–water partition coefficient (Wildman–Crippen LogP) is 4.15. The number of ether oxygens (including phenoxy) is 1. The summed E-state index contributed by atoms with van der Waals surface area (Å²) in [6, 6.07) is 10.5. The van der Waals surface area contributed by atoms with Crippen LogP contribution in [0.25, 0.3) is 6.08 Å². The number of benzene rings is 1. The molecule has 0 atom stereocenters. The van der Waals surface area contributed by atoms with E-state index >= 15 is 0 Å². The summed E-state index contributed by atoms with van der Waals surface area (Å²) in [6.07, 6.45) is 4.60. The van der Waals surface area contributed by atoms with E-state index in [0.29, 0.717) is 10.2 Å². The van der Waals surface area contributed by atoms with Crippen molar-refractivity contribution >= 4 is 35.2 Å². The van der Waals surface area contributed by atoms with Crippen molar-refractivity contribution in [2.75, 3.05) is 0 Å². The molecule has 1 heterocycles. The lowest BCUT2D eigenvalue weighted by Gasteiger charge is -2.02. The molecule has 2 aromatic rings. The van der Waals surface area contributed by atoms with Gasteiger partial charge in [-0.1, -0.05) is 35.3 Å². The Kier molecular flexibility index (Phi) is 5.16. The van der Waals surface area contributed by atoms with Gasteiger partial charge in [0.1, 0.15) is 11.8 Å². The van der Waals surface area contributed by atoms with Gasteiger partial charge in [0.25, 0.3) is 0 Å². The molecule has 102 valence electrons. The fraction of sp³-hybridized carbons (Fsp3) is 0.0667. The van der Waals surface area contributed by atoms with Crippen LogP contribution in [-0.4, -0.2) is 11.0 Å². The second kappa shape index (κ2) is 7.08. The van der Waals surface area contributed by atoms with Gasteiger partial charge in [0.05, 0.1) is 0 Å². The molecule has 0 amide bonds. The standard InChI is InChI=1S/C15H11Cl2NO2/c16-13-4-1-11(2-5-13)3-6-15(19)20-10-12-7-8-18-14(17)9-12/h1-9H,10H2/b6-3+. The van der Waals surface area contributed by atoms with E-state index in [0.717, 1.165) is 11.1 Å². The van der Waals surface area contributed by atoms with Crippen LogP contribution in [0.5, 0.6) is 0 Å². The highest BCUT2D eigenvalue weighted by molar-refractivity contribution is 6.30. The Morgan fingerprint density at radius 1 is 1.20 bits per heavy atom. The van der Waals surface area contributed by atoms with Crippen LogP contribution in [0.4, 0.5) is 0 Å². The molecule has 0 spiro atoms. The number of rotatable bonds is 4. The molecule has 0 N–H and O–H groups in total. The van der Waals surface area contributed by atoms with Crippen LogP contribution in [0, 0.1) is 0 Å². The number of pyridine rings is 1. The molecule has 3 nitrogen and oxygen atoms in total. The molecular formula is C15H11Cl2NO2. The first-order chi connectivity index (χ1) is 9.63. The maximum absolute atomic E-state index is 11.6. The Balaban J connectivity index is 1.88. The number of halogens is 2. The summed E-state index contributed by atoms with van der Waals surface area (Å²) < 4.78 is 5.09. The number of esters is 1. The highest BCUT2D eigenvalue weighted by atomic mass is 35.5. The summed E-state index contributed by atoms with van der Waals surface area (Å²) in [6.45, 7) is 0.159. The van der Waals surface area contributed by atoms with Crippen LogP contribution < -0.4 is 0 Å². The van der Waals surface area contributed by atoms with Crippen molar-refractivity contribution < 1.29 is 9.53 Å². The third-order valence-corrected chi connectivity index (χ3v) is 2.91. The first kappa shape index (κ1) is 14.6. The Labute approximate surface area is 126 Å². The molecule has 0 saturated carbocycles. The molecule has 20 heavy (non-hydrogen) atoms. The lowest BCUT2D eigenvalue weighted by atomic mass is 10.2. The highest BCUT2D eigenvalue weighted by Crippen LogP contribution is 2.11. The zero-order valence-corrected chi connectivity index (χ0v) is 11.9.